The molecule has 0 N–H and O–H groups in total. The highest BCUT2D eigenvalue weighted by Crippen LogP contribution is 2.36. The molecule has 0 spiro atoms. The van der Waals surface area contributed by atoms with Gasteiger partial charge in [-0.1, -0.05) is 12.1 Å². The predicted molar refractivity (Wildman–Crippen MR) is 109 cm³/mol. The SMILES string of the molecule is COc1cccc(CN(C)C(=O)C2CC(=O)N(c3ccc(OC)cc3OC)C2)c1. The topological polar surface area (TPSA) is 68.3 Å². The summed E-state index contributed by atoms with van der Waals surface area (Å²) < 4.78 is 15.9. The summed E-state index contributed by atoms with van der Waals surface area (Å²) in [6.07, 6.45) is 0.177. The maximum absolute atomic E-state index is 12.9. The van der Waals surface area contributed by atoms with Gasteiger partial charge in [0.1, 0.15) is 17.2 Å². The Labute approximate surface area is 170 Å². The van der Waals surface area contributed by atoms with Crippen molar-refractivity contribution in [3.8, 4) is 17.2 Å². The van der Waals surface area contributed by atoms with Crippen molar-refractivity contribution in [2.45, 2.75) is 13.0 Å². The first kappa shape index (κ1) is 20.5. The van der Waals surface area contributed by atoms with Crippen LogP contribution in [0.15, 0.2) is 42.5 Å². The van der Waals surface area contributed by atoms with Crippen molar-refractivity contribution in [1.82, 2.24) is 4.90 Å². The Balaban J connectivity index is 1.71. The van der Waals surface area contributed by atoms with Crippen LogP contribution in [-0.4, -0.2) is 51.6 Å². The van der Waals surface area contributed by atoms with Crippen LogP contribution >= 0.6 is 0 Å². The third-order valence-electron chi connectivity index (χ3n) is 5.08. The van der Waals surface area contributed by atoms with E-state index in [2.05, 4.69) is 0 Å². The molecule has 7 heteroatoms. The van der Waals surface area contributed by atoms with Crippen LogP contribution in [0.4, 0.5) is 5.69 Å². The number of nitrogens with zero attached hydrogens (tertiary/aromatic N) is 2. The summed E-state index contributed by atoms with van der Waals surface area (Å²) in [4.78, 5) is 28.8. The van der Waals surface area contributed by atoms with Gasteiger partial charge in [-0.25, -0.2) is 0 Å². The van der Waals surface area contributed by atoms with Gasteiger partial charge in [0.15, 0.2) is 0 Å². The largest absolute Gasteiger partial charge is 0.497 e. The van der Waals surface area contributed by atoms with Crippen LogP contribution < -0.4 is 19.1 Å². The molecule has 3 rings (SSSR count). The fraction of sp³-hybridized carbons (Fsp3) is 0.364. The highest BCUT2D eigenvalue weighted by atomic mass is 16.5. The van der Waals surface area contributed by atoms with Crippen LogP contribution in [0.3, 0.4) is 0 Å². The van der Waals surface area contributed by atoms with Crippen LogP contribution in [0.1, 0.15) is 12.0 Å². The molecule has 1 saturated heterocycles. The predicted octanol–water partition coefficient (Wildman–Crippen LogP) is 2.72. The normalized spacial score (nSPS) is 15.9. The molecule has 1 aliphatic rings. The maximum Gasteiger partial charge on any atom is 0.228 e. The average molecular weight is 398 g/mol. The molecule has 1 aliphatic heterocycles. The quantitative estimate of drug-likeness (QED) is 0.717. The molecule has 0 aliphatic carbocycles. The van der Waals surface area contributed by atoms with Crippen molar-refractivity contribution in [2.24, 2.45) is 5.92 Å². The smallest absolute Gasteiger partial charge is 0.228 e. The van der Waals surface area contributed by atoms with Crippen molar-refractivity contribution >= 4 is 17.5 Å². The van der Waals surface area contributed by atoms with E-state index < -0.39 is 5.92 Å². The molecular weight excluding hydrogens is 372 g/mol. The summed E-state index contributed by atoms with van der Waals surface area (Å²) in [5.41, 5.74) is 1.61. The lowest BCUT2D eigenvalue weighted by Crippen LogP contribution is -2.34. The molecule has 0 bridgehead atoms. The van der Waals surface area contributed by atoms with E-state index in [0.717, 1.165) is 11.3 Å². The van der Waals surface area contributed by atoms with Gasteiger partial charge in [0.05, 0.1) is 32.9 Å². The van der Waals surface area contributed by atoms with Gasteiger partial charge in [0.2, 0.25) is 11.8 Å². The Kier molecular flexibility index (Phi) is 6.26. The zero-order valence-corrected chi connectivity index (χ0v) is 17.2. The van der Waals surface area contributed by atoms with Crippen molar-refractivity contribution in [2.75, 3.05) is 39.8 Å². The number of methoxy groups -OCH3 is 3. The number of benzene rings is 2. The summed E-state index contributed by atoms with van der Waals surface area (Å²) in [6.45, 7) is 0.773. The number of anilines is 1. The fourth-order valence-corrected chi connectivity index (χ4v) is 3.55. The lowest BCUT2D eigenvalue weighted by Gasteiger charge is -2.22. The summed E-state index contributed by atoms with van der Waals surface area (Å²) in [7, 11) is 6.48. The maximum atomic E-state index is 12.9. The monoisotopic (exact) mass is 398 g/mol. The second kappa shape index (κ2) is 8.86. The van der Waals surface area contributed by atoms with Crippen LogP contribution in [0.5, 0.6) is 17.2 Å². The minimum Gasteiger partial charge on any atom is -0.497 e. The third kappa shape index (κ3) is 4.45. The lowest BCUT2D eigenvalue weighted by atomic mass is 10.1. The summed E-state index contributed by atoms with van der Waals surface area (Å²) in [5.74, 6) is 1.37. The molecule has 1 fully saturated rings. The number of carbonyl (C=O) groups excluding carboxylic acids is 2. The highest BCUT2D eigenvalue weighted by molar-refractivity contribution is 6.01. The summed E-state index contributed by atoms with van der Waals surface area (Å²) in [6, 6.07) is 12.9. The van der Waals surface area contributed by atoms with E-state index in [1.807, 2.05) is 24.3 Å². The van der Waals surface area contributed by atoms with Crippen molar-refractivity contribution in [3.63, 3.8) is 0 Å². The van der Waals surface area contributed by atoms with Gasteiger partial charge in [0, 0.05) is 32.6 Å². The van der Waals surface area contributed by atoms with E-state index in [9.17, 15) is 9.59 Å². The van der Waals surface area contributed by atoms with Crippen molar-refractivity contribution in [1.29, 1.82) is 0 Å². The van der Waals surface area contributed by atoms with E-state index in [1.165, 1.54) is 0 Å². The van der Waals surface area contributed by atoms with Crippen LogP contribution in [0.25, 0.3) is 0 Å². The molecule has 29 heavy (non-hydrogen) atoms. The summed E-state index contributed by atoms with van der Waals surface area (Å²) >= 11 is 0. The van der Waals surface area contributed by atoms with E-state index in [4.69, 9.17) is 14.2 Å². The number of carbonyl (C=O) groups is 2. The van der Waals surface area contributed by atoms with Gasteiger partial charge in [-0.15, -0.1) is 0 Å². The lowest BCUT2D eigenvalue weighted by molar-refractivity contribution is -0.135. The molecule has 0 radical (unpaired) electrons. The molecular formula is C22H26N2O5. The van der Waals surface area contributed by atoms with Crippen LogP contribution in [-0.2, 0) is 16.1 Å². The minimum absolute atomic E-state index is 0.0591. The second-order valence-electron chi connectivity index (χ2n) is 6.99. The number of hydrogen-bond donors (Lipinski definition) is 0. The Morgan fingerprint density at radius 1 is 1.07 bits per heavy atom. The van der Waals surface area contributed by atoms with E-state index >= 15 is 0 Å². The number of amides is 2. The number of hydrogen-bond acceptors (Lipinski definition) is 5. The molecule has 0 aromatic heterocycles. The Bertz CT molecular complexity index is 899. The fourth-order valence-electron chi connectivity index (χ4n) is 3.55. The zero-order valence-electron chi connectivity index (χ0n) is 17.2. The van der Waals surface area contributed by atoms with Crippen LogP contribution in [0, 0.1) is 5.92 Å². The number of rotatable bonds is 7. The van der Waals surface area contributed by atoms with E-state index in [1.54, 1.807) is 56.4 Å². The molecule has 2 amide bonds. The van der Waals surface area contributed by atoms with Crippen LogP contribution in [0.2, 0.25) is 0 Å². The molecule has 7 nitrogen and oxygen atoms in total. The zero-order chi connectivity index (χ0) is 21.0. The van der Waals surface area contributed by atoms with Gasteiger partial charge in [0.25, 0.3) is 0 Å². The molecule has 1 unspecified atom stereocenters. The minimum atomic E-state index is -0.398. The Morgan fingerprint density at radius 3 is 2.48 bits per heavy atom. The first-order valence-corrected chi connectivity index (χ1v) is 9.37. The number of ether oxygens (including phenoxy) is 3. The Hall–Kier alpha value is -3.22. The highest BCUT2D eigenvalue weighted by Gasteiger charge is 2.37. The van der Waals surface area contributed by atoms with Crippen molar-refractivity contribution < 1.29 is 23.8 Å². The van der Waals surface area contributed by atoms with Gasteiger partial charge < -0.3 is 24.0 Å². The third-order valence-corrected chi connectivity index (χ3v) is 5.08. The molecule has 1 atom stereocenters. The first-order valence-electron chi connectivity index (χ1n) is 9.37. The van der Waals surface area contributed by atoms with Gasteiger partial charge in [-0.05, 0) is 29.8 Å². The molecule has 2 aromatic rings. The molecule has 2 aromatic carbocycles. The van der Waals surface area contributed by atoms with Gasteiger partial charge >= 0.3 is 0 Å². The van der Waals surface area contributed by atoms with Crippen molar-refractivity contribution in [3.05, 3.63) is 48.0 Å². The second-order valence-corrected chi connectivity index (χ2v) is 6.99. The van der Waals surface area contributed by atoms with Gasteiger partial charge in [-0.3, -0.25) is 9.59 Å². The molecule has 1 heterocycles. The molecule has 154 valence electrons. The Morgan fingerprint density at radius 2 is 1.79 bits per heavy atom. The average Bonchev–Trinajstić information content (AvgIpc) is 3.13. The standard InChI is InChI=1S/C22H26N2O5/c1-23(13-15-6-5-7-17(10-15)27-2)22(26)16-11-21(25)24(14-16)19-9-8-18(28-3)12-20(19)29-4/h5-10,12,16H,11,13-14H2,1-4H3. The van der Waals surface area contributed by atoms with E-state index in [-0.39, 0.29) is 18.2 Å². The summed E-state index contributed by atoms with van der Waals surface area (Å²) in [5, 5.41) is 0. The first-order chi connectivity index (χ1) is 14.0. The molecule has 0 saturated carbocycles. The van der Waals surface area contributed by atoms with Gasteiger partial charge in [-0.2, -0.15) is 0 Å². The van der Waals surface area contributed by atoms with E-state index in [0.29, 0.717) is 30.3 Å².